The Bertz CT molecular complexity index is 1020. The van der Waals surface area contributed by atoms with E-state index in [1.54, 1.807) is 45.0 Å². The van der Waals surface area contributed by atoms with E-state index in [9.17, 15) is 14.4 Å². The highest BCUT2D eigenvalue weighted by molar-refractivity contribution is 7.17. The van der Waals surface area contributed by atoms with Crippen molar-refractivity contribution in [3.63, 3.8) is 0 Å². The van der Waals surface area contributed by atoms with E-state index < -0.39 is 5.97 Å². The summed E-state index contributed by atoms with van der Waals surface area (Å²) in [7, 11) is 1.53. The van der Waals surface area contributed by atoms with Crippen molar-refractivity contribution in [2.45, 2.75) is 33.3 Å². The number of nitrogens with zero attached hydrogens (tertiary/aromatic N) is 3. The molecule has 1 heterocycles. The van der Waals surface area contributed by atoms with Gasteiger partial charge >= 0.3 is 5.97 Å². The van der Waals surface area contributed by atoms with Crippen molar-refractivity contribution in [3.05, 3.63) is 46.0 Å². The maximum absolute atomic E-state index is 12.4. The Balaban J connectivity index is 1.88. The van der Waals surface area contributed by atoms with E-state index in [0.29, 0.717) is 26.8 Å². The fourth-order valence-electron chi connectivity index (χ4n) is 2.53. The van der Waals surface area contributed by atoms with Crippen LogP contribution >= 0.6 is 11.3 Å². The normalized spacial score (nSPS) is 11.2. The molecule has 0 aliphatic heterocycles. The van der Waals surface area contributed by atoms with E-state index >= 15 is 0 Å². The summed E-state index contributed by atoms with van der Waals surface area (Å²) < 4.78 is 5.16. The van der Waals surface area contributed by atoms with Crippen LogP contribution in [0.3, 0.4) is 0 Å². The molecule has 0 fully saturated rings. The number of nitrogens with two attached hydrogens (primary N) is 2. The molecule has 0 bridgehead atoms. The first-order chi connectivity index (χ1) is 15.1. The minimum Gasteiger partial charge on any atom is -0.459 e. The smallest absolute Gasteiger partial charge is 0.350 e. The second-order valence-electron chi connectivity index (χ2n) is 7.08. The van der Waals surface area contributed by atoms with Gasteiger partial charge in [-0.2, -0.15) is 0 Å². The van der Waals surface area contributed by atoms with E-state index in [-0.39, 0.29) is 36.7 Å². The summed E-state index contributed by atoms with van der Waals surface area (Å²) in [5, 5.41) is 10.6. The first-order valence-electron chi connectivity index (χ1n) is 9.76. The summed E-state index contributed by atoms with van der Waals surface area (Å²) in [5.41, 5.74) is 7.23. The molecule has 0 spiro atoms. The van der Waals surface area contributed by atoms with Crippen molar-refractivity contribution in [1.29, 1.82) is 0 Å². The molecular weight excluding hydrogens is 434 g/mol. The number of hydrogen-bond donors (Lipinski definition) is 4. The molecule has 172 valence electrons. The molecule has 2 aromatic rings. The number of thiazole rings is 1. The third kappa shape index (κ3) is 7.32. The number of carbonyl (C=O) groups excluding carboxylic acids is 3. The lowest BCUT2D eigenvalue weighted by atomic mass is 10.1. The predicted octanol–water partition coefficient (Wildman–Crippen LogP) is 1.20. The molecular formula is C20H27N7O4S. The van der Waals surface area contributed by atoms with Crippen LogP contribution in [0.15, 0.2) is 29.4 Å². The number of aromatic nitrogens is 1. The quantitative estimate of drug-likeness (QED) is 0.142. The zero-order valence-electron chi connectivity index (χ0n) is 18.3. The number of nitrogens with one attached hydrogen (secondary N) is 2. The van der Waals surface area contributed by atoms with Crippen LogP contribution in [0, 0.1) is 6.92 Å². The molecule has 6 N–H and O–H groups in total. The minimum atomic E-state index is -0.478. The molecule has 0 saturated heterocycles. The van der Waals surface area contributed by atoms with Crippen LogP contribution in [0.5, 0.6) is 0 Å². The van der Waals surface area contributed by atoms with Gasteiger partial charge in [0.25, 0.3) is 5.91 Å². The lowest BCUT2D eigenvalue weighted by molar-refractivity contribution is -0.116. The van der Waals surface area contributed by atoms with E-state index in [1.165, 1.54) is 7.05 Å². The largest absolute Gasteiger partial charge is 0.459 e. The molecule has 0 saturated carbocycles. The number of rotatable bonds is 9. The van der Waals surface area contributed by atoms with Crippen molar-refractivity contribution in [3.8, 4) is 0 Å². The van der Waals surface area contributed by atoms with E-state index in [2.05, 4.69) is 20.7 Å². The second kappa shape index (κ2) is 11.2. The molecule has 32 heavy (non-hydrogen) atoms. The predicted molar refractivity (Wildman–Crippen MR) is 122 cm³/mol. The molecule has 0 aliphatic carbocycles. The van der Waals surface area contributed by atoms with Gasteiger partial charge in [-0.25, -0.2) is 20.7 Å². The van der Waals surface area contributed by atoms with E-state index in [1.807, 2.05) is 0 Å². The van der Waals surface area contributed by atoms with Gasteiger partial charge in [0.15, 0.2) is 11.0 Å². The number of carbonyl (C=O) groups is 3. The van der Waals surface area contributed by atoms with Crippen molar-refractivity contribution in [2.75, 3.05) is 18.9 Å². The number of hydrazone groups is 1. The van der Waals surface area contributed by atoms with Crippen LogP contribution in [0.4, 0.5) is 5.13 Å². The molecule has 12 heteroatoms. The average molecular weight is 462 g/mol. The number of ether oxygens (including phenoxy) is 1. The highest BCUT2D eigenvalue weighted by atomic mass is 32.1. The van der Waals surface area contributed by atoms with Crippen molar-refractivity contribution in [2.24, 2.45) is 16.7 Å². The third-order valence-electron chi connectivity index (χ3n) is 3.89. The summed E-state index contributed by atoms with van der Waals surface area (Å²) in [4.78, 5) is 41.1. The molecule has 0 atom stereocenters. The zero-order chi connectivity index (χ0) is 23.8. The lowest BCUT2D eigenvalue weighted by Gasteiger charge is -2.09. The highest BCUT2D eigenvalue weighted by Crippen LogP contribution is 2.23. The standard InChI is InChI=1S/C20H27N7O4S/c1-11(2)31-19(30)16-12(3)24-20(32-16)25-15(28)8-9-23-18(29)14-7-5-6-13(10-14)17(21)26-27(4)22/h5-7,10-11H,8-9,22H2,1-4H3,(H2,21,26)(H,23,29)(H,24,25,28). The summed E-state index contributed by atoms with van der Waals surface area (Å²) in [6.45, 7) is 5.28. The number of amidine groups is 1. The number of hydrogen-bond acceptors (Lipinski definition) is 9. The van der Waals surface area contributed by atoms with Crippen LogP contribution < -0.4 is 22.2 Å². The molecule has 0 radical (unpaired) electrons. The summed E-state index contributed by atoms with van der Waals surface area (Å²) in [6.07, 6.45) is -0.228. The first-order valence-corrected chi connectivity index (χ1v) is 10.6. The van der Waals surface area contributed by atoms with Gasteiger partial charge in [-0.05, 0) is 32.9 Å². The Labute approximate surface area is 189 Å². The van der Waals surface area contributed by atoms with Crippen molar-refractivity contribution >= 4 is 40.1 Å². The summed E-state index contributed by atoms with van der Waals surface area (Å²) in [5.74, 6) is 4.42. The van der Waals surface area contributed by atoms with Gasteiger partial charge in [0.1, 0.15) is 4.88 Å². The number of anilines is 1. The van der Waals surface area contributed by atoms with Gasteiger partial charge in [-0.1, -0.05) is 23.5 Å². The Hall–Kier alpha value is -3.51. The molecule has 1 aromatic carbocycles. The van der Waals surface area contributed by atoms with Gasteiger partial charge in [0.05, 0.1) is 11.8 Å². The molecule has 2 rings (SSSR count). The van der Waals surface area contributed by atoms with Crippen LogP contribution in [-0.2, 0) is 9.53 Å². The highest BCUT2D eigenvalue weighted by Gasteiger charge is 2.19. The van der Waals surface area contributed by atoms with Crippen molar-refractivity contribution < 1.29 is 19.1 Å². The van der Waals surface area contributed by atoms with Gasteiger partial charge in [0.2, 0.25) is 5.91 Å². The lowest BCUT2D eigenvalue weighted by Crippen LogP contribution is -2.28. The Morgan fingerprint density at radius 1 is 1.28 bits per heavy atom. The first kappa shape index (κ1) is 24.8. The zero-order valence-corrected chi connectivity index (χ0v) is 19.2. The number of aryl methyl sites for hydroxylation is 1. The molecule has 1 aromatic heterocycles. The SMILES string of the molecule is Cc1nc(NC(=O)CCNC(=O)c2cccc(/C(N)=N/N(C)N)c2)sc1C(=O)OC(C)C. The minimum absolute atomic E-state index is 0.0252. The fourth-order valence-corrected chi connectivity index (χ4v) is 3.39. The Morgan fingerprint density at radius 2 is 1.97 bits per heavy atom. The second-order valence-corrected chi connectivity index (χ2v) is 8.08. The van der Waals surface area contributed by atoms with Crippen LogP contribution in [0.2, 0.25) is 0 Å². The maximum Gasteiger partial charge on any atom is 0.350 e. The van der Waals surface area contributed by atoms with Gasteiger partial charge < -0.3 is 21.1 Å². The van der Waals surface area contributed by atoms with Crippen LogP contribution in [-0.4, -0.2) is 53.4 Å². The molecule has 0 unspecified atom stereocenters. The topological polar surface area (TPSA) is 165 Å². The molecule has 0 aliphatic rings. The number of amides is 2. The molecule has 11 nitrogen and oxygen atoms in total. The van der Waals surface area contributed by atoms with Crippen LogP contribution in [0.1, 0.15) is 51.6 Å². The molecule has 2 amide bonds. The summed E-state index contributed by atoms with van der Waals surface area (Å²) >= 11 is 1.04. The van der Waals surface area contributed by atoms with E-state index in [4.69, 9.17) is 16.3 Å². The van der Waals surface area contributed by atoms with Crippen molar-refractivity contribution in [1.82, 2.24) is 15.4 Å². The number of benzene rings is 1. The average Bonchev–Trinajstić information content (AvgIpc) is 3.07. The fraction of sp³-hybridized carbons (Fsp3) is 0.350. The number of esters is 1. The van der Waals surface area contributed by atoms with E-state index in [0.717, 1.165) is 16.5 Å². The van der Waals surface area contributed by atoms with Crippen LogP contribution in [0.25, 0.3) is 0 Å². The van der Waals surface area contributed by atoms with Gasteiger partial charge in [0, 0.05) is 31.1 Å². The third-order valence-corrected chi connectivity index (χ3v) is 4.95. The monoisotopic (exact) mass is 461 g/mol. The van der Waals surface area contributed by atoms with Gasteiger partial charge in [-0.15, -0.1) is 5.10 Å². The number of hydrazine groups is 1. The summed E-state index contributed by atoms with van der Waals surface area (Å²) in [6, 6.07) is 6.57. The van der Waals surface area contributed by atoms with Gasteiger partial charge in [-0.3, -0.25) is 9.59 Å². The maximum atomic E-state index is 12.4. The Morgan fingerprint density at radius 3 is 2.62 bits per heavy atom. The Kier molecular flexibility index (Phi) is 8.67.